The Morgan fingerprint density at radius 3 is 2.59 bits per heavy atom. The van der Waals surface area contributed by atoms with Crippen LogP contribution in [0.25, 0.3) is 5.65 Å². The lowest BCUT2D eigenvalue weighted by Gasteiger charge is -2.32. The first-order chi connectivity index (χ1) is 13.3. The van der Waals surface area contributed by atoms with Crippen LogP contribution in [0.1, 0.15) is 43.8 Å². The normalized spacial score (nSPS) is 24.2. The topological polar surface area (TPSA) is 75.9 Å². The predicted molar refractivity (Wildman–Crippen MR) is 99.7 cm³/mol. The molecule has 3 fully saturated rings. The molecule has 0 bridgehead atoms. The summed E-state index contributed by atoms with van der Waals surface area (Å²) in [4.78, 5) is 16.9. The van der Waals surface area contributed by atoms with Crippen molar-refractivity contribution in [3.63, 3.8) is 0 Å². The van der Waals surface area contributed by atoms with E-state index in [1.54, 1.807) is 0 Å². The number of aromatic nitrogens is 4. The van der Waals surface area contributed by atoms with E-state index in [2.05, 4.69) is 15.1 Å². The van der Waals surface area contributed by atoms with Gasteiger partial charge in [0.25, 0.3) is 0 Å². The van der Waals surface area contributed by atoms with Gasteiger partial charge >= 0.3 is 0 Å². The zero-order valence-electron chi connectivity index (χ0n) is 15.6. The van der Waals surface area contributed by atoms with Gasteiger partial charge in [0.1, 0.15) is 5.82 Å². The van der Waals surface area contributed by atoms with Crippen LogP contribution in [0, 0.1) is 5.92 Å². The van der Waals surface area contributed by atoms with E-state index in [0.717, 1.165) is 62.7 Å². The second-order valence-electron chi connectivity index (χ2n) is 7.87. The molecule has 8 heteroatoms. The van der Waals surface area contributed by atoms with Gasteiger partial charge in [-0.15, -0.1) is 15.3 Å². The van der Waals surface area contributed by atoms with Crippen LogP contribution < -0.4 is 4.90 Å². The Balaban J connectivity index is 1.31. The van der Waals surface area contributed by atoms with Crippen LogP contribution in [-0.2, 0) is 9.53 Å². The molecule has 5 rings (SSSR count). The third-order valence-corrected chi connectivity index (χ3v) is 6.15. The van der Waals surface area contributed by atoms with Crippen LogP contribution in [0.3, 0.4) is 0 Å². The summed E-state index contributed by atoms with van der Waals surface area (Å²) < 4.78 is 7.29. The summed E-state index contributed by atoms with van der Waals surface area (Å²) in [5.41, 5.74) is 0.801. The summed E-state index contributed by atoms with van der Waals surface area (Å²) in [7, 11) is 0. The van der Waals surface area contributed by atoms with Gasteiger partial charge in [-0.25, -0.2) is 0 Å². The first-order valence-electron chi connectivity index (χ1n) is 10.1. The summed E-state index contributed by atoms with van der Waals surface area (Å²) in [5, 5.41) is 13.6. The first kappa shape index (κ1) is 16.9. The van der Waals surface area contributed by atoms with Gasteiger partial charge in [-0.3, -0.25) is 4.79 Å². The zero-order valence-corrected chi connectivity index (χ0v) is 15.6. The second-order valence-corrected chi connectivity index (χ2v) is 7.87. The number of nitrogens with zero attached hydrogens (tertiary/aromatic N) is 6. The number of rotatable bonds is 3. The van der Waals surface area contributed by atoms with Crippen molar-refractivity contribution in [2.45, 2.75) is 38.0 Å². The monoisotopic (exact) mass is 370 g/mol. The highest BCUT2D eigenvalue weighted by atomic mass is 16.5. The highest BCUT2D eigenvalue weighted by Crippen LogP contribution is 2.29. The van der Waals surface area contributed by atoms with Gasteiger partial charge in [0.15, 0.2) is 11.5 Å². The second kappa shape index (κ2) is 7.07. The Hall–Kier alpha value is -2.22. The Kier molecular flexibility index (Phi) is 4.43. The number of carbonyl (C=O) groups is 1. The van der Waals surface area contributed by atoms with Crippen LogP contribution in [0.5, 0.6) is 0 Å². The zero-order chi connectivity index (χ0) is 18.2. The Morgan fingerprint density at radius 2 is 1.85 bits per heavy atom. The van der Waals surface area contributed by atoms with E-state index in [-0.39, 0.29) is 11.8 Å². The fourth-order valence-corrected chi connectivity index (χ4v) is 4.51. The molecule has 1 atom stereocenters. The van der Waals surface area contributed by atoms with E-state index in [1.807, 2.05) is 21.5 Å². The van der Waals surface area contributed by atoms with Crippen LogP contribution in [0.15, 0.2) is 12.1 Å². The quantitative estimate of drug-likeness (QED) is 0.814. The first-order valence-corrected chi connectivity index (χ1v) is 10.1. The van der Waals surface area contributed by atoms with Crippen LogP contribution in [-0.4, -0.2) is 70.0 Å². The molecule has 3 aliphatic rings. The van der Waals surface area contributed by atoms with Crippen LogP contribution in [0.4, 0.5) is 5.82 Å². The predicted octanol–water partition coefficient (Wildman–Crippen LogP) is 1.47. The van der Waals surface area contributed by atoms with Gasteiger partial charge < -0.3 is 14.5 Å². The molecule has 2 aromatic rings. The average molecular weight is 370 g/mol. The van der Waals surface area contributed by atoms with Gasteiger partial charge in [0.2, 0.25) is 5.91 Å². The molecule has 1 unspecified atom stereocenters. The molecule has 144 valence electrons. The number of likely N-dealkylation sites (tertiary alicyclic amines) is 1. The number of hydrogen-bond donors (Lipinski definition) is 0. The lowest BCUT2D eigenvalue weighted by atomic mass is 9.95. The maximum Gasteiger partial charge on any atom is 0.228 e. The third kappa shape index (κ3) is 3.16. The molecule has 5 heterocycles. The number of anilines is 1. The number of carbonyl (C=O) groups excluding carboxylic acids is 1. The van der Waals surface area contributed by atoms with E-state index < -0.39 is 0 Å². The molecule has 0 aliphatic carbocycles. The lowest BCUT2D eigenvalue weighted by molar-refractivity contribution is -0.136. The van der Waals surface area contributed by atoms with Gasteiger partial charge in [-0.1, -0.05) is 0 Å². The number of ether oxygens (including phenoxy) is 1. The van der Waals surface area contributed by atoms with Crippen molar-refractivity contribution in [1.29, 1.82) is 0 Å². The Morgan fingerprint density at radius 1 is 1.04 bits per heavy atom. The molecule has 2 aromatic heterocycles. The summed E-state index contributed by atoms with van der Waals surface area (Å²) in [6.45, 7) is 4.99. The van der Waals surface area contributed by atoms with Crippen LogP contribution in [0.2, 0.25) is 0 Å². The minimum Gasteiger partial charge on any atom is -0.381 e. The standard InChI is InChI=1S/C19H26N6O2/c26-19(15-7-12-27-13-15)24-10-5-14(6-11-24)18-21-20-16-3-4-17(22-25(16)18)23-8-1-2-9-23/h3-4,14-15H,1-2,5-13H2. The van der Waals surface area contributed by atoms with Crippen molar-refractivity contribution in [1.82, 2.24) is 24.7 Å². The molecular formula is C19H26N6O2. The minimum absolute atomic E-state index is 0.0557. The summed E-state index contributed by atoms with van der Waals surface area (Å²) >= 11 is 0. The Bertz CT molecular complexity index is 817. The molecule has 8 nitrogen and oxygen atoms in total. The molecule has 0 spiro atoms. The highest BCUT2D eigenvalue weighted by molar-refractivity contribution is 5.79. The number of piperidine rings is 1. The summed E-state index contributed by atoms with van der Waals surface area (Å²) in [6, 6.07) is 4.06. The molecule has 0 saturated carbocycles. The largest absolute Gasteiger partial charge is 0.381 e. The van der Waals surface area contributed by atoms with E-state index in [4.69, 9.17) is 9.84 Å². The average Bonchev–Trinajstić information content (AvgIpc) is 3.48. The van der Waals surface area contributed by atoms with Crippen molar-refractivity contribution in [3.8, 4) is 0 Å². The van der Waals surface area contributed by atoms with Crippen molar-refractivity contribution in [2.24, 2.45) is 5.92 Å². The molecule has 3 aliphatic heterocycles. The molecule has 0 radical (unpaired) electrons. The number of hydrogen-bond acceptors (Lipinski definition) is 6. The summed E-state index contributed by atoms with van der Waals surface area (Å²) in [5.74, 6) is 2.55. The maximum atomic E-state index is 12.6. The van der Waals surface area contributed by atoms with E-state index in [9.17, 15) is 4.79 Å². The van der Waals surface area contributed by atoms with Gasteiger partial charge in [0.05, 0.1) is 12.5 Å². The van der Waals surface area contributed by atoms with Gasteiger partial charge in [-0.05, 0) is 44.2 Å². The highest BCUT2D eigenvalue weighted by Gasteiger charge is 2.32. The number of fused-ring (bicyclic) bond motifs is 1. The fourth-order valence-electron chi connectivity index (χ4n) is 4.51. The smallest absolute Gasteiger partial charge is 0.228 e. The van der Waals surface area contributed by atoms with Crippen molar-refractivity contribution >= 4 is 17.4 Å². The van der Waals surface area contributed by atoms with Crippen molar-refractivity contribution < 1.29 is 9.53 Å². The molecule has 0 N–H and O–H groups in total. The molecule has 0 aromatic carbocycles. The van der Waals surface area contributed by atoms with E-state index >= 15 is 0 Å². The summed E-state index contributed by atoms with van der Waals surface area (Å²) in [6.07, 6.45) is 5.14. The molecule has 1 amide bonds. The molecule has 27 heavy (non-hydrogen) atoms. The fraction of sp³-hybridized carbons (Fsp3) is 0.684. The van der Waals surface area contributed by atoms with Gasteiger partial charge in [-0.2, -0.15) is 4.52 Å². The minimum atomic E-state index is 0.0557. The lowest BCUT2D eigenvalue weighted by Crippen LogP contribution is -2.41. The Labute approximate surface area is 158 Å². The van der Waals surface area contributed by atoms with Crippen molar-refractivity contribution in [2.75, 3.05) is 44.3 Å². The van der Waals surface area contributed by atoms with E-state index in [1.165, 1.54) is 12.8 Å². The molecular weight excluding hydrogens is 344 g/mol. The SMILES string of the molecule is O=C(C1CCOC1)N1CCC(c2nnc3ccc(N4CCCC4)nn23)CC1. The molecule has 3 saturated heterocycles. The third-order valence-electron chi connectivity index (χ3n) is 6.15. The van der Waals surface area contributed by atoms with E-state index in [0.29, 0.717) is 19.1 Å². The van der Waals surface area contributed by atoms with Crippen molar-refractivity contribution in [3.05, 3.63) is 18.0 Å². The van der Waals surface area contributed by atoms with Crippen LogP contribution >= 0.6 is 0 Å². The van der Waals surface area contributed by atoms with Gasteiger partial charge in [0, 0.05) is 38.7 Å². The number of amides is 1. The maximum absolute atomic E-state index is 12.6.